The number of benzene rings is 1. The van der Waals surface area contributed by atoms with E-state index in [2.05, 4.69) is 24.3 Å². The summed E-state index contributed by atoms with van der Waals surface area (Å²) in [6.07, 6.45) is 4.70. The van der Waals surface area contributed by atoms with Crippen LogP contribution < -0.4 is 5.32 Å². The van der Waals surface area contributed by atoms with E-state index in [1.165, 1.54) is 0 Å². The van der Waals surface area contributed by atoms with E-state index < -0.39 is 0 Å². The average Bonchev–Trinajstić information content (AvgIpc) is 2.82. The maximum atomic E-state index is 6.25. The van der Waals surface area contributed by atoms with Gasteiger partial charge in [0.15, 0.2) is 0 Å². The molecular weight excluding hydrogens is 234 g/mol. The molecule has 0 aliphatic rings. The Bertz CT molecular complexity index is 479. The van der Waals surface area contributed by atoms with Crippen molar-refractivity contribution in [2.45, 2.75) is 26.3 Å². The number of nitrogens with one attached hydrogen (secondary N) is 1. The third-order valence-corrected chi connectivity index (χ3v) is 3.04. The van der Waals surface area contributed by atoms with Crippen molar-refractivity contribution in [3.8, 4) is 5.69 Å². The van der Waals surface area contributed by atoms with Crippen LogP contribution in [0.15, 0.2) is 36.7 Å². The SMILES string of the molecule is CCC(C)Nc1cccc(Cl)c1-n1cccn1. The lowest BCUT2D eigenvalue weighted by Crippen LogP contribution is -2.15. The van der Waals surface area contributed by atoms with Gasteiger partial charge < -0.3 is 5.32 Å². The molecule has 0 spiro atoms. The average molecular weight is 250 g/mol. The summed E-state index contributed by atoms with van der Waals surface area (Å²) < 4.78 is 1.78. The molecule has 0 amide bonds. The Kier molecular flexibility index (Phi) is 3.69. The number of para-hydroxylation sites is 1. The summed E-state index contributed by atoms with van der Waals surface area (Å²) in [5.74, 6) is 0. The second-order valence-electron chi connectivity index (χ2n) is 4.04. The molecule has 1 atom stereocenters. The van der Waals surface area contributed by atoms with Crippen molar-refractivity contribution in [3.63, 3.8) is 0 Å². The minimum absolute atomic E-state index is 0.405. The molecule has 0 saturated heterocycles. The largest absolute Gasteiger partial charge is 0.381 e. The van der Waals surface area contributed by atoms with Crippen LogP contribution >= 0.6 is 11.6 Å². The molecule has 0 fully saturated rings. The van der Waals surface area contributed by atoms with Gasteiger partial charge in [-0.3, -0.25) is 0 Å². The molecule has 17 heavy (non-hydrogen) atoms. The molecule has 1 N–H and O–H groups in total. The first-order valence-electron chi connectivity index (χ1n) is 5.77. The minimum Gasteiger partial charge on any atom is -0.381 e. The molecule has 1 aromatic heterocycles. The predicted octanol–water partition coefficient (Wildman–Crippen LogP) is 3.74. The molecular formula is C13H16ClN3. The molecule has 3 nitrogen and oxygen atoms in total. The van der Waals surface area contributed by atoms with Gasteiger partial charge in [0.1, 0.15) is 5.69 Å². The van der Waals surface area contributed by atoms with E-state index in [-0.39, 0.29) is 0 Å². The molecule has 2 rings (SSSR count). The van der Waals surface area contributed by atoms with Crippen LogP contribution in [0.1, 0.15) is 20.3 Å². The van der Waals surface area contributed by atoms with Crippen LogP contribution in [0.3, 0.4) is 0 Å². The van der Waals surface area contributed by atoms with Gasteiger partial charge in [-0.25, -0.2) is 4.68 Å². The Morgan fingerprint density at radius 2 is 2.24 bits per heavy atom. The number of nitrogens with zero attached hydrogens (tertiary/aromatic N) is 2. The van der Waals surface area contributed by atoms with Crippen molar-refractivity contribution in [1.82, 2.24) is 9.78 Å². The second-order valence-corrected chi connectivity index (χ2v) is 4.45. The lowest BCUT2D eigenvalue weighted by atomic mass is 10.2. The normalized spacial score (nSPS) is 12.4. The van der Waals surface area contributed by atoms with Crippen LogP contribution in [-0.2, 0) is 0 Å². The lowest BCUT2D eigenvalue weighted by Gasteiger charge is -2.17. The zero-order chi connectivity index (χ0) is 12.3. The first-order valence-corrected chi connectivity index (χ1v) is 6.15. The van der Waals surface area contributed by atoms with Crippen molar-refractivity contribution in [3.05, 3.63) is 41.7 Å². The van der Waals surface area contributed by atoms with Crippen LogP contribution in [0.4, 0.5) is 5.69 Å². The lowest BCUT2D eigenvalue weighted by molar-refractivity contribution is 0.760. The van der Waals surface area contributed by atoms with Crippen molar-refractivity contribution in [1.29, 1.82) is 0 Å². The molecule has 0 aliphatic heterocycles. The highest BCUT2D eigenvalue weighted by Crippen LogP contribution is 2.28. The van der Waals surface area contributed by atoms with Crippen LogP contribution in [0.5, 0.6) is 0 Å². The highest BCUT2D eigenvalue weighted by Gasteiger charge is 2.10. The molecule has 1 heterocycles. The summed E-state index contributed by atoms with van der Waals surface area (Å²) in [5, 5.41) is 8.37. The molecule has 2 aromatic rings. The highest BCUT2D eigenvalue weighted by atomic mass is 35.5. The maximum absolute atomic E-state index is 6.25. The number of aromatic nitrogens is 2. The maximum Gasteiger partial charge on any atom is 0.106 e. The fourth-order valence-corrected chi connectivity index (χ4v) is 1.89. The van der Waals surface area contributed by atoms with E-state index in [9.17, 15) is 0 Å². The molecule has 4 heteroatoms. The van der Waals surface area contributed by atoms with E-state index >= 15 is 0 Å². The molecule has 90 valence electrons. The fourth-order valence-electron chi connectivity index (χ4n) is 1.63. The second kappa shape index (κ2) is 5.23. The Hall–Kier alpha value is -1.48. The summed E-state index contributed by atoms with van der Waals surface area (Å²) in [6, 6.07) is 8.13. The first kappa shape index (κ1) is 12.0. The summed E-state index contributed by atoms with van der Waals surface area (Å²) >= 11 is 6.25. The predicted molar refractivity (Wildman–Crippen MR) is 71.9 cm³/mol. The number of rotatable bonds is 4. The Morgan fingerprint density at radius 1 is 1.41 bits per heavy atom. The van der Waals surface area contributed by atoms with Gasteiger partial charge in [0.05, 0.1) is 10.7 Å². The van der Waals surface area contributed by atoms with Gasteiger partial charge in [0.25, 0.3) is 0 Å². The molecule has 0 aliphatic carbocycles. The van der Waals surface area contributed by atoms with Crippen molar-refractivity contribution < 1.29 is 0 Å². The van der Waals surface area contributed by atoms with E-state index in [1.807, 2.05) is 30.5 Å². The molecule has 0 radical (unpaired) electrons. The van der Waals surface area contributed by atoms with Gasteiger partial charge in [-0.2, -0.15) is 5.10 Å². The standard InChI is InChI=1S/C13H16ClN3/c1-3-10(2)16-12-7-4-6-11(14)13(12)17-9-5-8-15-17/h4-10,16H,3H2,1-2H3. The summed E-state index contributed by atoms with van der Waals surface area (Å²) in [6.45, 7) is 4.30. The third kappa shape index (κ3) is 2.61. The smallest absolute Gasteiger partial charge is 0.106 e. The monoisotopic (exact) mass is 249 g/mol. The Morgan fingerprint density at radius 3 is 2.88 bits per heavy atom. The number of hydrogen-bond donors (Lipinski definition) is 1. The van der Waals surface area contributed by atoms with E-state index in [1.54, 1.807) is 10.9 Å². The first-order chi connectivity index (χ1) is 8.22. The van der Waals surface area contributed by atoms with Crippen LogP contribution in [-0.4, -0.2) is 15.8 Å². The van der Waals surface area contributed by atoms with Crippen molar-refractivity contribution >= 4 is 17.3 Å². The van der Waals surface area contributed by atoms with E-state index in [0.29, 0.717) is 11.1 Å². The zero-order valence-electron chi connectivity index (χ0n) is 10.0. The van der Waals surface area contributed by atoms with Gasteiger partial charge in [0.2, 0.25) is 0 Å². The van der Waals surface area contributed by atoms with E-state index in [0.717, 1.165) is 17.8 Å². The quantitative estimate of drug-likeness (QED) is 0.895. The van der Waals surface area contributed by atoms with Crippen molar-refractivity contribution in [2.24, 2.45) is 0 Å². The summed E-state index contributed by atoms with van der Waals surface area (Å²) in [5.41, 5.74) is 1.91. The number of hydrogen-bond acceptors (Lipinski definition) is 2. The van der Waals surface area contributed by atoms with Crippen LogP contribution in [0.25, 0.3) is 5.69 Å². The molecule has 1 aromatic carbocycles. The number of anilines is 1. The summed E-state index contributed by atoms with van der Waals surface area (Å²) in [7, 11) is 0. The van der Waals surface area contributed by atoms with Gasteiger partial charge in [-0.05, 0) is 31.5 Å². The van der Waals surface area contributed by atoms with Gasteiger partial charge in [0, 0.05) is 18.4 Å². The van der Waals surface area contributed by atoms with Crippen LogP contribution in [0.2, 0.25) is 5.02 Å². The fraction of sp³-hybridized carbons (Fsp3) is 0.308. The van der Waals surface area contributed by atoms with Gasteiger partial charge >= 0.3 is 0 Å². The summed E-state index contributed by atoms with van der Waals surface area (Å²) in [4.78, 5) is 0. The molecule has 1 unspecified atom stereocenters. The Labute approximate surface area is 106 Å². The molecule has 0 saturated carbocycles. The van der Waals surface area contributed by atoms with Gasteiger partial charge in [-0.1, -0.05) is 24.6 Å². The topological polar surface area (TPSA) is 29.9 Å². The Balaban J connectivity index is 2.42. The third-order valence-electron chi connectivity index (χ3n) is 2.73. The number of halogens is 1. The zero-order valence-corrected chi connectivity index (χ0v) is 10.8. The van der Waals surface area contributed by atoms with E-state index in [4.69, 9.17) is 11.6 Å². The highest BCUT2D eigenvalue weighted by molar-refractivity contribution is 6.33. The minimum atomic E-state index is 0.405. The van der Waals surface area contributed by atoms with Gasteiger partial charge in [-0.15, -0.1) is 0 Å². The van der Waals surface area contributed by atoms with Crippen molar-refractivity contribution in [2.75, 3.05) is 5.32 Å². The van der Waals surface area contributed by atoms with Crippen LogP contribution in [0, 0.1) is 0 Å². The molecule has 0 bridgehead atoms.